The van der Waals surface area contributed by atoms with Gasteiger partial charge in [-0.25, -0.2) is 0 Å². The highest BCUT2D eigenvalue weighted by atomic mass is 32.2. The molecule has 0 aliphatic carbocycles. The monoisotopic (exact) mass is 327 g/mol. The van der Waals surface area contributed by atoms with Crippen LogP contribution in [0.5, 0.6) is 0 Å². The van der Waals surface area contributed by atoms with E-state index in [0.29, 0.717) is 10.8 Å². The van der Waals surface area contributed by atoms with Crippen LogP contribution < -0.4 is 0 Å². The van der Waals surface area contributed by atoms with Gasteiger partial charge in [-0.3, -0.25) is 10.1 Å². The van der Waals surface area contributed by atoms with E-state index in [1.54, 1.807) is 12.1 Å². The fourth-order valence-electron chi connectivity index (χ4n) is 2.04. The van der Waals surface area contributed by atoms with E-state index in [2.05, 4.69) is 22.3 Å². The maximum Gasteiger partial charge on any atom is 0.276 e. The topological polar surface area (TPSA) is 82.1 Å². The van der Waals surface area contributed by atoms with Crippen LogP contribution in [0.25, 0.3) is 11.5 Å². The molecule has 0 N–H and O–H groups in total. The van der Waals surface area contributed by atoms with Gasteiger partial charge in [0.25, 0.3) is 10.9 Å². The molecule has 0 fully saturated rings. The average Bonchev–Trinajstić information content (AvgIpc) is 3.05. The van der Waals surface area contributed by atoms with E-state index in [1.165, 1.54) is 29.5 Å². The summed E-state index contributed by atoms with van der Waals surface area (Å²) in [5, 5.41) is 19.2. The second kappa shape index (κ2) is 7.06. The SMILES string of the molecule is O=[N+]([O-])c1cccc(-c2nnc(SCCc3ccccc3)o2)c1. The lowest BCUT2D eigenvalue weighted by Crippen LogP contribution is -1.88. The van der Waals surface area contributed by atoms with Crippen LogP contribution in [0.2, 0.25) is 0 Å². The van der Waals surface area contributed by atoms with Crippen molar-refractivity contribution in [2.75, 3.05) is 5.75 Å². The molecule has 3 aromatic rings. The van der Waals surface area contributed by atoms with Crippen molar-refractivity contribution < 1.29 is 9.34 Å². The van der Waals surface area contributed by atoms with Crippen LogP contribution in [0.1, 0.15) is 5.56 Å². The highest BCUT2D eigenvalue weighted by Gasteiger charge is 2.12. The Balaban J connectivity index is 1.64. The minimum absolute atomic E-state index is 0.000944. The third-order valence-corrected chi connectivity index (χ3v) is 3.99. The van der Waals surface area contributed by atoms with Crippen LogP contribution in [-0.4, -0.2) is 20.9 Å². The molecule has 7 heteroatoms. The van der Waals surface area contributed by atoms with Crippen molar-refractivity contribution in [3.05, 3.63) is 70.3 Å². The summed E-state index contributed by atoms with van der Waals surface area (Å²) in [4.78, 5) is 10.4. The molecule has 3 rings (SSSR count). The normalized spacial score (nSPS) is 10.6. The molecule has 1 aromatic heterocycles. The molecule has 0 atom stereocenters. The van der Waals surface area contributed by atoms with Gasteiger partial charge in [-0.1, -0.05) is 48.2 Å². The maximum absolute atomic E-state index is 10.8. The first-order valence-corrected chi connectivity index (χ1v) is 7.96. The van der Waals surface area contributed by atoms with Crippen molar-refractivity contribution >= 4 is 17.4 Å². The number of non-ortho nitro benzene ring substituents is 1. The lowest BCUT2D eigenvalue weighted by Gasteiger charge is -1.98. The summed E-state index contributed by atoms with van der Waals surface area (Å²) in [5.41, 5.74) is 1.79. The molecule has 0 unspecified atom stereocenters. The van der Waals surface area contributed by atoms with Crippen LogP contribution in [0, 0.1) is 10.1 Å². The fraction of sp³-hybridized carbons (Fsp3) is 0.125. The second-order valence-corrected chi connectivity index (χ2v) is 5.81. The highest BCUT2D eigenvalue weighted by Crippen LogP contribution is 2.26. The molecule has 23 heavy (non-hydrogen) atoms. The van der Waals surface area contributed by atoms with Gasteiger partial charge in [-0.2, -0.15) is 0 Å². The Labute approximate surface area is 136 Å². The predicted molar refractivity (Wildman–Crippen MR) is 87.3 cm³/mol. The first kappa shape index (κ1) is 15.2. The minimum atomic E-state index is -0.449. The lowest BCUT2D eigenvalue weighted by atomic mass is 10.2. The third-order valence-electron chi connectivity index (χ3n) is 3.17. The quantitative estimate of drug-likeness (QED) is 0.387. The Bertz CT molecular complexity index is 805. The number of rotatable bonds is 6. The minimum Gasteiger partial charge on any atom is -0.411 e. The zero-order chi connectivity index (χ0) is 16.1. The van der Waals surface area contributed by atoms with Gasteiger partial charge in [0, 0.05) is 23.4 Å². The van der Waals surface area contributed by atoms with Crippen molar-refractivity contribution in [1.82, 2.24) is 10.2 Å². The Morgan fingerprint density at radius 3 is 2.70 bits per heavy atom. The summed E-state index contributed by atoms with van der Waals surface area (Å²) in [7, 11) is 0. The van der Waals surface area contributed by atoms with Crippen LogP contribution in [0.15, 0.2) is 64.2 Å². The van der Waals surface area contributed by atoms with Crippen molar-refractivity contribution in [3.8, 4) is 11.5 Å². The molecular formula is C16H13N3O3S. The maximum atomic E-state index is 10.8. The Hall–Kier alpha value is -2.67. The predicted octanol–water partition coefficient (Wildman–Crippen LogP) is 3.98. The van der Waals surface area contributed by atoms with Gasteiger partial charge in [0.15, 0.2) is 0 Å². The van der Waals surface area contributed by atoms with E-state index >= 15 is 0 Å². The first-order chi connectivity index (χ1) is 11.2. The molecule has 0 radical (unpaired) electrons. The molecule has 0 spiro atoms. The number of hydrogen-bond donors (Lipinski definition) is 0. The average molecular weight is 327 g/mol. The summed E-state index contributed by atoms with van der Waals surface area (Å²) >= 11 is 1.47. The number of aromatic nitrogens is 2. The molecule has 6 nitrogen and oxygen atoms in total. The molecule has 0 amide bonds. The zero-order valence-electron chi connectivity index (χ0n) is 12.1. The largest absolute Gasteiger partial charge is 0.411 e. The number of nitrogens with zero attached hydrogens (tertiary/aromatic N) is 3. The van der Waals surface area contributed by atoms with E-state index in [1.807, 2.05) is 18.2 Å². The molecule has 0 saturated carbocycles. The van der Waals surface area contributed by atoms with Gasteiger partial charge >= 0.3 is 0 Å². The van der Waals surface area contributed by atoms with E-state index in [0.717, 1.165) is 12.2 Å². The summed E-state index contributed by atoms with van der Waals surface area (Å²) in [6, 6.07) is 16.3. The van der Waals surface area contributed by atoms with Gasteiger partial charge in [0.05, 0.1) is 4.92 Å². The summed E-state index contributed by atoms with van der Waals surface area (Å²) < 4.78 is 5.56. The van der Waals surface area contributed by atoms with E-state index in [-0.39, 0.29) is 11.6 Å². The number of thioether (sulfide) groups is 1. The number of nitro benzene ring substituents is 1. The number of hydrogen-bond acceptors (Lipinski definition) is 6. The molecule has 2 aromatic carbocycles. The molecule has 116 valence electrons. The van der Waals surface area contributed by atoms with Crippen molar-refractivity contribution in [3.63, 3.8) is 0 Å². The van der Waals surface area contributed by atoms with Gasteiger partial charge in [-0.05, 0) is 18.1 Å². The van der Waals surface area contributed by atoms with Crippen molar-refractivity contribution in [2.45, 2.75) is 11.6 Å². The first-order valence-electron chi connectivity index (χ1n) is 6.97. The smallest absolute Gasteiger partial charge is 0.276 e. The summed E-state index contributed by atoms with van der Waals surface area (Å²) in [6.07, 6.45) is 0.903. The molecule has 0 bridgehead atoms. The van der Waals surface area contributed by atoms with Gasteiger partial charge in [-0.15, -0.1) is 10.2 Å². The summed E-state index contributed by atoms with van der Waals surface area (Å²) in [6.45, 7) is 0. The number of aryl methyl sites for hydroxylation is 1. The molecule has 0 aliphatic rings. The Morgan fingerprint density at radius 1 is 1.09 bits per heavy atom. The van der Waals surface area contributed by atoms with Crippen LogP contribution in [-0.2, 0) is 6.42 Å². The van der Waals surface area contributed by atoms with Gasteiger partial charge in [0.1, 0.15) is 0 Å². The number of nitro groups is 1. The van der Waals surface area contributed by atoms with Crippen molar-refractivity contribution in [1.29, 1.82) is 0 Å². The summed E-state index contributed by atoms with van der Waals surface area (Å²) in [5.74, 6) is 1.11. The molecule has 1 heterocycles. The van der Waals surface area contributed by atoms with Crippen molar-refractivity contribution in [2.24, 2.45) is 0 Å². The van der Waals surface area contributed by atoms with Crippen LogP contribution in [0.3, 0.4) is 0 Å². The second-order valence-electron chi connectivity index (χ2n) is 4.76. The molecule has 0 saturated heterocycles. The van der Waals surface area contributed by atoms with Gasteiger partial charge < -0.3 is 4.42 Å². The van der Waals surface area contributed by atoms with Crippen LogP contribution in [0.4, 0.5) is 5.69 Å². The fourth-order valence-corrected chi connectivity index (χ4v) is 2.79. The molecular weight excluding hydrogens is 314 g/mol. The standard InChI is InChI=1S/C16H13N3O3S/c20-19(21)14-8-4-7-13(11-14)15-17-18-16(22-15)23-10-9-12-5-2-1-3-6-12/h1-8,11H,9-10H2. The number of benzene rings is 2. The van der Waals surface area contributed by atoms with E-state index in [9.17, 15) is 10.1 Å². The lowest BCUT2D eigenvalue weighted by molar-refractivity contribution is -0.384. The Morgan fingerprint density at radius 2 is 1.91 bits per heavy atom. The highest BCUT2D eigenvalue weighted by molar-refractivity contribution is 7.99. The van der Waals surface area contributed by atoms with Gasteiger partial charge in [0.2, 0.25) is 5.89 Å². The van der Waals surface area contributed by atoms with E-state index < -0.39 is 4.92 Å². The van der Waals surface area contributed by atoms with E-state index in [4.69, 9.17) is 4.42 Å². The zero-order valence-corrected chi connectivity index (χ0v) is 12.9. The molecule has 0 aliphatic heterocycles. The van der Waals surface area contributed by atoms with Crippen LogP contribution >= 0.6 is 11.8 Å². The third kappa shape index (κ3) is 3.95. The Kier molecular flexibility index (Phi) is 4.68.